The van der Waals surface area contributed by atoms with E-state index in [1.54, 1.807) is 30.3 Å². The van der Waals surface area contributed by atoms with Gasteiger partial charge in [0.05, 0.1) is 5.75 Å². The molecule has 3 rings (SSSR count). The minimum atomic E-state index is -3.70. The molecular formula is C21H24N4O4S2. The Labute approximate surface area is 185 Å². The molecule has 3 aromatic rings. The molecule has 1 aromatic heterocycles. The van der Waals surface area contributed by atoms with Crippen molar-refractivity contribution in [3.63, 3.8) is 0 Å². The minimum absolute atomic E-state index is 0.115. The van der Waals surface area contributed by atoms with Gasteiger partial charge < -0.3 is 15.0 Å². The lowest BCUT2D eigenvalue weighted by molar-refractivity contribution is 0.0953. The summed E-state index contributed by atoms with van der Waals surface area (Å²) in [5.41, 5.74) is 1.99. The molecule has 2 aromatic carbocycles. The number of carbonyl (C=O) groups excluding carboxylic acids is 1. The van der Waals surface area contributed by atoms with Crippen molar-refractivity contribution in [3.05, 3.63) is 59.7 Å². The summed E-state index contributed by atoms with van der Waals surface area (Å²) in [7, 11) is 0.134. The summed E-state index contributed by atoms with van der Waals surface area (Å²) in [6, 6.07) is 13.9. The van der Waals surface area contributed by atoms with Crippen LogP contribution in [0.25, 0.3) is 0 Å². The Morgan fingerprint density at radius 3 is 2.55 bits per heavy atom. The lowest BCUT2D eigenvalue weighted by Gasteiger charge is -2.12. The van der Waals surface area contributed by atoms with Crippen LogP contribution in [0, 0.1) is 0 Å². The van der Waals surface area contributed by atoms with Crippen molar-refractivity contribution in [1.82, 2.24) is 15.5 Å². The quantitative estimate of drug-likeness (QED) is 0.521. The molecule has 1 N–H and O–H groups in total. The molecule has 0 aliphatic heterocycles. The standard InChI is InChI=1S/C21H24N4O4S2/c1-4-12-22-19(26)16-10-8-15(9-11-16)14-31(27,28)21-24-23-20(30-21)29-18-7-5-6-17(13-18)25(2)3/h5-11,13H,4,12,14H2,1-3H3,(H,22,26). The molecule has 8 nitrogen and oxygen atoms in total. The Balaban J connectivity index is 1.68. The third kappa shape index (κ3) is 6.02. The Morgan fingerprint density at radius 2 is 1.87 bits per heavy atom. The number of sulfone groups is 1. The fourth-order valence-electron chi connectivity index (χ4n) is 2.66. The molecule has 1 heterocycles. The summed E-state index contributed by atoms with van der Waals surface area (Å²) in [5, 5.41) is 10.6. The first-order valence-electron chi connectivity index (χ1n) is 9.67. The molecular weight excluding hydrogens is 436 g/mol. The number of hydrogen-bond donors (Lipinski definition) is 1. The van der Waals surface area contributed by atoms with Crippen LogP contribution in [0.4, 0.5) is 5.69 Å². The Hall–Kier alpha value is -2.98. The van der Waals surface area contributed by atoms with Gasteiger partial charge in [0.1, 0.15) is 5.75 Å². The molecule has 0 spiro atoms. The third-order valence-electron chi connectivity index (χ3n) is 4.30. The van der Waals surface area contributed by atoms with Gasteiger partial charge in [-0.1, -0.05) is 30.2 Å². The Kier molecular flexibility index (Phi) is 7.24. The molecule has 164 valence electrons. The molecule has 1 amide bonds. The molecule has 0 saturated carbocycles. The van der Waals surface area contributed by atoms with Gasteiger partial charge in [0, 0.05) is 38.0 Å². The molecule has 0 aliphatic rings. The van der Waals surface area contributed by atoms with E-state index in [0.717, 1.165) is 23.4 Å². The van der Waals surface area contributed by atoms with Crippen LogP contribution in [-0.4, -0.2) is 45.2 Å². The summed E-state index contributed by atoms with van der Waals surface area (Å²) in [4.78, 5) is 13.9. The number of nitrogens with one attached hydrogen (secondary N) is 1. The summed E-state index contributed by atoms with van der Waals surface area (Å²) in [5.74, 6) is 0.123. The molecule has 31 heavy (non-hydrogen) atoms. The van der Waals surface area contributed by atoms with Crippen LogP contribution in [0.2, 0.25) is 0 Å². The smallest absolute Gasteiger partial charge is 0.300 e. The van der Waals surface area contributed by atoms with Crippen molar-refractivity contribution in [1.29, 1.82) is 0 Å². The summed E-state index contributed by atoms with van der Waals surface area (Å²) in [6.07, 6.45) is 0.844. The average Bonchev–Trinajstić information content (AvgIpc) is 3.22. The zero-order valence-corrected chi connectivity index (χ0v) is 19.2. The molecule has 0 radical (unpaired) electrons. The van der Waals surface area contributed by atoms with Gasteiger partial charge in [-0.3, -0.25) is 4.79 Å². The number of hydrogen-bond acceptors (Lipinski definition) is 8. The van der Waals surface area contributed by atoms with Crippen LogP contribution in [0.15, 0.2) is 52.9 Å². The minimum Gasteiger partial charge on any atom is -0.430 e. The predicted molar refractivity (Wildman–Crippen MR) is 121 cm³/mol. The van der Waals surface area contributed by atoms with E-state index in [9.17, 15) is 13.2 Å². The van der Waals surface area contributed by atoms with E-state index >= 15 is 0 Å². The second-order valence-electron chi connectivity index (χ2n) is 7.04. The highest BCUT2D eigenvalue weighted by molar-refractivity contribution is 7.92. The van der Waals surface area contributed by atoms with Gasteiger partial charge >= 0.3 is 5.19 Å². The van der Waals surface area contributed by atoms with Crippen LogP contribution in [0.3, 0.4) is 0 Å². The number of aromatic nitrogens is 2. The highest BCUT2D eigenvalue weighted by Crippen LogP contribution is 2.30. The highest BCUT2D eigenvalue weighted by Gasteiger charge is 2.22. The van der Waals surface area contributed by atoms with E-state index in [0.29, 0.717) is 23.4 Å². The third-order valence-corrected chi connectivity index (χ3v) is 7.24. The monoisotopic (exact) mass is 460 g/mol. The fourth-order valence-corrected chi connectivity index (χ4v) is 4.93. The Bertz CT molecular complexity index is 1140. The Morgan fingerprint density at radius 1 is 1.13 bits per heavy atom. The van der Waals surface area contributed by atoms with Crippen molar-refractivity contribution < 1.29 is 17.9 Å². The molecule has 0 saturated heterocycles. The number of ether oxygens (including phenoxy) is 1. The largest absolute Gasteiger partial charge is 0.430 e. The number of carbonyl (C=O) groups is 1. The SMILES string of the molecule is CCCNC(=O)c1ccc(CS(=O)(=O)c2nnc(Oc3cccc(N(C)C)c3)s2)cc1. The molecule has 0 unspecified atom stereocenters. The molecule has 0 atom stereocenters. The first-order chi connectivity index (χ1) is 14.8. The van der Waals surface area contributed by atoms with Gasteiger partial charge in [0.25, 0.3) is 5.91 Å². The predicted octanol–water partition coefficient (Wildman–Crippen LogP) is 3.51. The first kappa shape index (κ1) is 22.7. The van der Waals surface area contributed by atoms with Gasteiger partial charge in [-0.05, 0) is 47.6 Å². The van der Waals surface area contributed by atoms with Crippen LogP contribution < -0.4 is 15.0 Å². The van der Waals surface area contributed by atoms with E-state index in [2.05, 4.69) is 15.5 Å². The normalized spacial score (nSPS) is 11.2. The maximum atomic E-state index is 12.7. The fraction of sp³-hybridized carbons (Fsp3) is 0.286. The summed E-state index contributed by atoms with van der Waals surface area (Å²) in [6.45, 7) is 2.56. The lowest BCUT2D eigenvalue weighted by atomic mass is 10.1. The summed E-state index contributed by atoms with van der Waals surface area (Å²) >= 11 is 0.875. The van der Waals surface area contributed by atoms with E-state index < -0.39 is 9.84 Å². The van der Waals surface area contributed by atoms with Crippen molar-refractivity contribution >= 4 is 32.8 Å². The van der Waals surface area contributed by atoms with Crippen molar-refractivity contribution in [2.75, 3.05) is 25.5 Å². The lowest BCUT2D eigenvalue weighted by Crippen LogP contribution is -2.23. The average molecular weight is 461 g/mol. The maximum absolute atomic E-state index is 12.7. The van der Waals surface area contributed by atoms with Gasteiger partial charge in [0.2, 0.25) is 14.2 Å². The molecule has 0 bridgehead atoms. The van der Waals surface area contributed by atoms with Gasteiger partial charge in [-0.2, -0.15) is 0 Å². The van der Waals surface area contributed by atoms with Crippen LogP contribution in [-0.2, 0) is 15.6 Å². The van der Waals surface area contributed by atoms with E-state index in [1.807, 2.05) is 44.1 Å². The summed E-state index contributed by atoms with van der Waals surface area (Å²) < 4.78 is 31.0. The zero-order chi connectivity index (χ0) is 22.4. The number of amides is 1. The first-order valence-corrected chi connectivity index (χ1v) is 12.1. The van der Waals surface area contributed by atoms with Gasteiger partial charge in [0.15, 0.2) is 0 Å². The van der Waals surface area contributed by atoms with Crippen molar-refractivity contribution in [2.45, 2.75) is 23.4 Å². The second-order valence-corrected chi connectivity index (χ2v) is 10.1. The maximum Gasteiger partial charge on any atom is 0.300 e. The van der Waals surface area contributed by atoms with E-state index in [4.69, 9.17) is 4.74 Å². The number of benzene rings is 2. The topological polar surface area (TPSA) is 101 Å². The van der Waals surface area contributed by atoms with Gasteiger partial charge in [-0.15, -0.1) is 5.10 Å². The van der Waals surface area contributed by atoms with Crippen LogP contribution in [0.1, 0.15) is 29.3 Å². The molecule has 0 fully saturated rings. The number of nitrogens with zero attached hydrogens (tertiary/aromatic N) is 3. The van der Waals surface area contributed by atoms with E-state index in [-0.39, 0.29) is 21.2 Å². The zero-order valence-electron chi connectivity index (χ0n) is 17.5. The highest BCUT2D eigenvalue weighted by atomic mass is 32.2. The van der Waals surface area contributed by atoms with Crippen molar-refractivity contribution in [2.24, 2.45) is 0 Å². The number of anilines is 1. The molecule has 10 heteroatoms. The van der Waals surface area contributed by atoms with Crippen LogP contribution >= 0.6 is 11.3 Å². The second kappa shape index (κ2) is 9.88. The van der Waals surface area contributed by atoms with Crippen molar-refractivity contribution in [3.8, 4) is 10.9 Å². The van der Waals surface area contributed by atoms with Crippen LogP contribution in [0.5, 0.6) is 10.9 Å². The van der Waals surface area contributed by atoms with Gasteiger partial charge in [-0.25, -0.2) is 8.42 Å². The number of rotatable bonds is 9. The van der Waals surface area contributed by atoms with E-state index in [1.165, 1.54) is 0 Å². The molecule has 0 aliphatic carbocycles.